The summed E-state index contributed by atoms with van der Waals surface area (Å²) in [4.78, 5) is 16.7. The molecule has 7 heteroatoms. The van der Waals surface area contributed by atoms with E-state index in [1.165, 1.54) is 0 Å². The summed E-state index contributed by atoms with van der Waals surface area (Å²) in [7, 11) is 0. The second kappa shape index (κ2) is 7.07. The first-order chi connectivity index (χ1) is 11.9. The van der Waals surface area contributed by atoms with E-state index in [2.05, 4.69) is 10.3 Å². The molecule has 1 aliphatic rings. The molecular formula is C18H24F2N4O. The van der Waals surface area contributed by atoms with E-state index in [1.807, 2.05) is 6.92 Å². The van der Waals surface area contributed by atoms with E-state index in [0.717, 1.165) is 30.3 Å². The summed E-state index contributed by atoms with van der Waals surface area (Å²) in [5.74, 6) is -0.0461. The second-order valence-corrected chi connectivity index (χ2v) is 7.01. The number of hydrogen-bond acceptors (Lipinski definition) is 3. The Morgan fingerprint density at radius 1 is 1.44 bits per heavy atom. The van der Waals surface area contributed by atoms with Crippen LogP contribution in [0.25, 0.3) is 11.0 Å². The predicted molar refractivity (Wildman–Crippen MR) is 92.3 cm³/mol. The number of amides is 1. The van der Waals surface area contributed by atoms with Gasteiger partial charge in [0.05, 0.1) is 17.0 Å². The molecule has 1 heterocycles. The van der Waals surface area contributed by atoms with Crippen LogP contribution >= 0.6 is 0 Å². The van der Waals surface area contributed by atoms with Crippen LogP contribution in [0.15, 0.2) is 24.3 Å². The zero-order valence-corrected chi connectivity index (χ0v) is 14.3. The molecule has 3 rings (SSSR count). The topological polar surface area (TPSA) is 72.9 Å². The Kier molecular flexibility index (Phi) is 5.03. The van der Waals surface area contributed by atoms with Crippen molar-refractivity contribution < 1.29 is 13.6 Å². The molecule has 3 N–H and O–H groups in total. The van der Waals surface area contributed by atoms with Gasteiger partial charge in [0.15, 0.2) is 0 Å². The number of rotatable bonds is 5. The van der Waals surface area contributed by atoms with E-state index in [9.17, 15) is 13.6 Å². The number of carbonyl (C=O) groups excluding carboxylic acids is 1. The minimum atomic E-state index is -2.66. The molecule has 2 atom stereocenters. The molecule has 0 aliphatic heterocycles. The summed E-state index contributed by atoms with van der Waals surface area (Å²) in [5, 5.41) is 2.85. The zero-order chi connectivity index (χ0) is 18.0. The third-order valence-electron chi connectivity index (χ3n) is 5.08. The lowest BCUT2D eigenvalue weighted by atomic mass is 9.74. The summed E-state index contributed by atoms with van der Waals surface area (Å²) < 4.78 is 27.7. The highest BCUT2D eigenvalue weighted by atomic mass is 19.3. The number of benzene rings is 1. The third kappa shape index (κ3) is 3.66. The maximum absolute atomic E-state index is 13.4. The molecule has 1 aromatic heterocycles. The van der Waals surface area contributed by atoms with Crippen LogP contribution in [0, 0.1) is 5.92 Å². The maximum atomic E-state index is 13.4. The Bertz CT molecular complexity index is 757. The fourth-order valence-electron chi connectivity index (χ4n) is 3.70. The molecule has 2 unspecified atom stereocenters. The molecule has 1 aromatic carbocycles. The Labute approximate surface area is 145 Å². The summed E-state index contributed by atoms with van der Waals surface area (Å²) in [6.45, 7) is -0.488. The molecule has 1 saturated carbocycles. The number of fused-ring (bicyclic) bond motifs is 1. The number of hydrogen-bond donors (Lipinski definition) is 2. The first-order valence-electron chi connectivity index (χ1n) is 8.71. The summed E-state index contributed by atoms with van der Waals surface area (Å²) in [6, 6.07) is 6.80. The van der Waals surface area contributed by atoms with Crippen LogP contribution in [-0.2, 0) is 11.2 Å². The molecule has 0 bridgehead atoms. The van der Waals surface area contributed by atoms with Gasteiger partial charge < -0.3 is 11.1 Å². The maximum Gasteiger partial charge on any atom is 0.320 e. The largest absolute Gasteiger partial charge is 0.355 e. The van der Waals surface area contributed by atoms with Gasteiger partial charge in [-0.05, 0) is 31.9 Å². The van der Waals surface area contributed by atoms with Gasteiger partial charge in [0.2, 0.25) is 5.91 Å². The standard InChI is InChI=1S/C18H24F2N4O/c1-18(21)10-5-4-6-12(18)16(25)22-11-9-15-23-13-7-2-3-8-14(13)24(15)17(19)20/h2-3,7-8,12,17H,4-6,9-11,21H2,1H3,(H,22,25). The third-order valence-corrected chi connectivity index (χ3v) is 5.08. The lowest BCUT2D eigenvalue weighted by Gasteiger charge is -2.37. The molecule has 5 nitrogen and oxygen atoms in total. The van der Waals surface area contributed by atoms with Crippen molar-refractivity contribution in [1.82, 2.24) is 14.9 Å². The molecule has 0 radical (unpaired) electrons. The average molecular weight is 350 g/mol. The molecule has 1 fully saturated rings. The van der Waals surface area contributed by atoms with Crippen LogP contribution in [-0.4, -0.2) is 27.5 Å². The van der Waals surface area contributed by atoms with Crippen LogP contribution in [0.3, 0.4) is 0 Å². The lowest BCUT2D eigenvalue weighted by Crippen LogP contribution is -2.53. The fourth-order valence-corrected chi connectivity index (χ4v) is 3.70. The molecule has 136 valence electrons. The molecule has 0 saturated heterocycles. The van der Waals surface area contributed by atoms with Crippen LogP contribution in [0.5, 0.6) is 0 Å². The highest BCUT2D eigenvalue weighted by Gasteiger charge is 2.37. The average Bonchev–Trinajstić information content (AvgIpc) is 2.92. The van der Waals surface area contributed by atoms with Crippen molar-refractivity contribution in [2.75, 3.05) is 6.54 Å². The predicted octanol–water partition coefficient (Wildman–Crippen LogP) is 3.00. The van der Waals surface area contributed by atoms with Gasteiger partial charge in [0.25, 0.3) is 0 Å². The number of para-hydroxylation sites is 2. The Morgan fingerprint density at radius 3 is 2.92 bits per heavy atom. The van der Waals surface area contributed by atoms with Crippen LogP contribution < -0.4 is 11.1 Å². The van der Waals surface area contributed by atoms with Gasteiger partial charge in [0, 0.05) is 18.5 Å². The minimum Gasteiger partial charge on any atom is -0.355 e. The van der Waals surface area contributed by atoms with E-state index < -0.39 is 12.1 Å². The monoisotopic (exact) mass is 350 g/mol. The summed E-state index contributed by atoms with van der Waals surface area (Å²) >= 11 is 0. The van der Waals surface area contributed by atoms with Gasteiger partial charge in [-0.1, -0.05) is 25.0 Å². The van der Waals surface area contributed by atoms with Gasteiger partial charge in [-0.3, -0.25) is 9.36 Å². The number of nitrogens with two attached hydrogens (primary N) is 1. The van der Waals surface area contributed by atoms with Crippen LogP contribution in [0.4, 0.5) is 8.78 Å². The Balaban J connectivity index is 1.67. The van der Waals surface area contributed by atoms with E-state index in [0.29, 0.717) is 11.0 Å². The Hall–Kier alpha value is -2.02. The van der Waals surface area contributed by atoms with Crippen LogP contribution in [0.1, 0.15) is 45.0 Å². The van der Waals surface area contributed by atoms with E-state index in [-0.39, 0.29) is 30.6 Å². The SMILES string of the molecule is CC1(N)CCCCC1C(=O)NCCc1nc2ccccc2n1C(F)F. The summed E-state index contributed by atoms with van der Waals surface area (Å²) in [6.07, 6.45) is 3.88. The highest BCUT2D eigenvalue weighted by molar-refractivity contribution is 5.80. The van der Waals surface area contributed by atoms with Crippen molar-refractivity contribution in [1.29, 1.82) is 0 Å². The van der Waals surface area contributed by atoms with E-state index in [1.54, 1.807) is 24.3 Å². The van der Waals surface area contributed by atoms with Gasteiger partial charge in [0.1, 0.15) is 5.82 Å². The number of nitrogens with zero attached hydrogens (tertiary/aromatic N) is 2. The molecule has 1 amide bonds. The molecule has 1 aliphatic carbocycles. The van der Waals surface area contributed by atoms with Crippen LogP contribution in [0.2, 0.25) is 0 Å². The quantitative estimate of drug-likeness (QED) is 0.871. The number of nitrogens with one attached hydrogen (secondary N) is 1. The van der Waals surface area contributed by atoms with Crippen molar-refractivity contribution in [2.45, 2.75) is 51.1 Å². The van der Waals surface area contributed by atoms with Crippen molar-refractivity contribution in [3.8, 4) is 0 Å². The smallest absolute Gasteiger partial charge is 0.320 e. The lowest BCUT2D eigenvalue weighted by molar-refractivity contribution is -0.128. The number of aromatic nitrogens is 2. The zero-order valence-electron chi connectivity index (χ0n) is 14.3. The molecule has 25 heavy (non-hydrogen) atoms. The minimum absolute atomic E-state index is 0.0931. The van der Waals surface area contributed by atoms with Crippen molar-refractivity contribution >= 4 is 16.9 Å². The molecule has 0 spiro atoms. The fraction of sp³-hybridized carbons (Fsp3) is 0.556. The first-order valence-corrected chi connectivity index (χ1v) is 8.71. The summed E-state index contributed by atoms with van der Waals surface area (Å²) in [5.41, 5.74) is 6.68. The van der Waals surface area contributed by atoms with Gasteiger partial charge in [-0.25, -0.2) is 4.98 Å². The number of imidazole rings is 1. The number of alkyl halides is 2. The Morgan fingerprint density at radius 2 is 2.20 bits per heavy atom. The number of carbonyl (C=O) groups is 1. The van der Waals surface area contributed by atoms with Crippen molar-refractivity contribution in [3.05, 3.63) is 30.1 Å². The van der Waals surface area contributed by atoms with E-state index >= 15 is 0 Å². The van der Waals surface area contributed by atoms with Gasteiger partial charge in [-0.2, -0.15) is 8.78 Å². The van der Waals surface area contributed by atoms with Crippen molar-refractivity contribution in [2.24, 2.45) is 11.7 Å². The van der Waals surface area contributed by atoms with Gasteiger partial charge >= 0.3 is 6.55 Å². The highest BCUT2D eigenvalue weighted by Crippen LogP contribution is 2.31. The normalized spacial score (nSPS) is 24.0. The second-order valence-electron chi connectivity index (χ2n) is 7.01. The first kappa shape index (κ1) is 17.8. The molecular weight excluding hydrogens is 326 g/mol. The molecule has 2 aromatic rings. The van der Waals surface area contributed by atoms with Crippen molar-refractivity contribution in [3.63, 3.8) is 0 Å². The van der Waals surface area contributed by atoms with Gasteiger partial charge in [-0.15, -0.1) is 0 Å². The van der Waals surface area contributed by atoms with E-state index in [4.69, 9.17) is 5.73 Å². The number of halogens is 2.